The molecule has 1 aliphatic heterocycles. The summed E-state index contributed by atoms with van der Waals surface area (Å²) in [6.45, 7) is 1.13. The number of likely N-dealkylation sites (N-methyl/N-ethyl adjacent to an activating group) is 1. The van der Waals surface area contributed by atoms with Crippen LogP contribution in [0.25, 0.3) is 0 Å². The van der Waals surface area contributed by atoms with Gasteiger partial charge in [-0.15, -0.1) is 0 Å². The van der Waals surface area contributed by atoms with Crippen LogP contribution < -0.4 is 14.8 Å². The molecule has 1 atom stereocenters. The third-order valence-corrected chi connectivity index (χ3v) is 6.99. The maximum atomic E-state index is 14.2. The predicted octanol–water partition coefficient (Wildman–Crippen LogP) is 3.93. The van der Waals surface area contributed by atoms with Crippen LogP contribution in [0.15, 0.2) is 35.2 Å². The van der Waals surface area contributed by atoms with Crippen molar-refractivity contribution in [3.63, 3.8) is 0 Å². The van der Waals surface area contributed by atoms with Crippen molar-refractivity contribution in [2.24, 2.45) is 0 Å². The maximum absolute atomic E-state index is 14.2. The van der Waals surface area contributed by atoms with Crippen LogP contribution in [0.1, 0.15) is 24.8 Å². The molecule has 6 nitrogen and oxygen atoms in total. The quantitative estimate of drug-likeness (QED) is 0.624. The number of fused-ring (bicyclic) bond motifs is 2. The molecule has 2 aromatic carbocycles. The molecule has 2 N–H and O–H groups in total. The molecular weight excluding hydrogens is 429 g/mol. The number of carbonyl (C=O) groups is 1. The molecule has 1 aliphatic carbocycles. The summed E-state index contributed by atoms with van der Waals surface area (Å²) in [6, 6.07) is 7.51. The predicted molar refractivity (Wildman–Crippen MR) is 116 cm³/mol. The van der Waals surface area contributed by atoms with E-state index in [0.29, 0.717) is 30.3 Å². The summed E-state index contributed by atoms with van der Waals surface area (Å²) in [5.41, 5.74) is 1.47. The van der Waals surface area contributed by atoms with Gasteiger partial charge in [-0.1, -0.05) is 18.0 Å². The molecule has 0 saturated heterocycles. The van der Waals surface area contributed by atoms with E-state index in [-0.39, 0.29) is 15.8 Å². The zero-order valence-electron chi connectivity index (χ0n) is 16.8. The van der Waals surface area contributed by atoms with Crippen LogP contribution in [0.2, 0.25) is 5.02 Å². The second-order valence-electron chi connectivity index (χ2n) is 7.88. The van der Waals surface area contributed by atoms with Crippen molar-refractivity contribution in [3.05, 3.63) is 46.7 Å². The van der Waals surface area contributed by atoms with E-state index in [4.69, 9.17) is 16.3 Å². The fourth-order valence-corrected chi connectivity index (χ4v) is 4.83. The Bertz CT molecular complexity index is 984. The van der Waals surface area contributed by atoms with Gasteiger partial charge in [0.1, 0.15) is 23.7 Å². The summed E-state index contributed by atoms with van der Waals surface area (Å²) in [5, 5.41) is 3.20. The van der Waals surface area contributed by atoms with Crippen LogP contribution in [-0.4, -0.2) is 42.6 Å². The first kappa shape index (κ1) is 21.2. The fraction of sp³-hybridized carbons (Fsp3) is 0.381. The number of anilines is 2. The van der Waals surface area contributed by atoms with E-state index in [1.807, 2.05) is 25.1 Å². The highest BCUT2D eigenvalue weighted by molar-refractivity contribution is 7.92. The number of carbonyl (C=O) groups excluding carboxylic acids is 1. The highest BCUT2D eigenvalue weighted by Gasteiger charge is 2.52. The highest BCUT2D eigenvalue weighted by atomic mass is 35.5. The second kappa shape index (κ2) is 8.26. The molecule has 2 aliphatic rings. The van der Waals surface area contributed by atoms with Crippen molar-refractivity contribution in [1.82, 2.24) is 4.90 Å². The molecule has 1 saturated carbocycles. The second-order valence-corrected chi connectivity index (χ2v) is 9.50. The lowest BCUT2D eigenvalue weighted by Gasteiger charge is -2.36. The molecule has 4 rings (SSSR count). The molecule has 30 heavy (non-hydrogen) atoms. The van der Waals surface area contributed by atoms with Crippen LogP contribution in [0.5, 0.6) is 5.75 Å². The molecule has 0 radical (unpaired) electrons. The van der Waals surface area contributed by atoms with Gasteiger partial charge < -0.3 is 19.5 Å². The number of rotatable bonds is 7. The summed E-state index contributed by atoms with van der Waals surface area (Å²) in [7, 11) is 3.89. The molecule has 9 heteroatoms. The van der Waals surface area contributed by atoms with Gasteiger partial charge in [0.15, 0.2) is 5.82 Å². The van der Waals surface area contributed by atoms with Crippen molar-refractivity contribution in [1.29, 1.82) is 0 Å². The molecule has 160 valence electrons. The van der Waals surface area contributed by atoms with Gasteiger partial charge in [0.2, 0.25) is 10.8 Å². The number of halogens is 2. The molecular formula is C21H23ClFN3O3S. The molecule has 1 spiro atoms. The van der Waals surface area contributed by atoms with E-state index in [2.05, 4.69) is 10.0 Å². The molecule has 1 amide bonds. The minimum Gasteiger partial charge on any atom is -0.588 e. The van der Waals surface area contributed by atoms with Crippen LogP contribution >= 0.6 is 11.6 Å². The van der Waals surface area contributed by atoms with E-state index < -0.39 is 22.6 Å². The van der Waals surface area contributed by atoms with E-state index in [1.54, 1.807) is 6.07 Å². The van der Waals surface area contributed by atoms with Crippen molar-refractivity contribution >= 4 is 40.2 Å². The molecule has 0 aromatic heterocycles. The van der Waals surface area contributed by atoms with Crippen molar-refractivity contribution in [2.45, 2.75) is 29.6 Å². The Morgan fingerprint density at radius 3 is 2.73 bits per heavy atom. The van der Waals surface area contributed by atoms with E-state index in [1.165, 1.54) is 12.1 Å². The normalized spacial score (nSPS) is 17.5. The van der Waals surface area contributed by atoms with Gasteiger partial charge in [-0.2, -0.15) is 0 Å². The first-order valence-corrected chi connectivity index (χ1v) is 11.2. The van der Waals surface area contributed by atoms with Gasteiger partial charge in [0.05, 0.1) is 16.8 Å². The first-order chi connectivity index (χ1) is 14.3. The molecule has 1 fully saturated rings. The topological polar surface area (TPSA) is 76.7 Å². The third kappa shape index (κ3) is 3.85. The summed E-state index contributed by atoms with van der Waals surface area (Å²) in [6.07, 6.45) is 2.51. The summed E-state index contributed by atoms with van der Waals surface area (Å²) < 4.78 is 35.7. The number of benzene rings is 2. The summed E-state index contributed by atoms with van der Waals surface area (Å²) >= 11 is 3.94. The monoisotopic (exact) mass is 451 g/mol. The Morgan fingerprint density at radius 1 is 1.33 bits per heavy atom. The number of ether oxygens (including phenoxy) is 1. The van der Waals surface area contributed by atoms with Gasteiger partial charge in [0.25, 0.3) is 0 Å². The zero-order valence-corrected chi connectivity index (χ0v) is 18.3. The Hall–Kier alpha value is -2.00. The lowest BCUT2D eigenvalue weighted by atomic mass is 9.65. The van der Waals surface area contributed by atoms with Gasteiger partial charge in [-0.05, 0) is 50.7 Å². The molecule has 1 unspecified atom stereocenters. The first-order valence-electron chi connectivity index (χ1n) is 9.71. The van der Waals surface area contributed by atoms with Gasteiger partial charge in [-0.3, -0.25) is 4.79 Å². The largest absolute Gasteiger partial charge is 0.588 e. The van der Waals surface area contributed by atoms with E-state index in [9.17, 15) is 13.7 Å². The van der Waals surface area contributed by atoms with Crippen LogP contribution in [0.4, 0.5) is 15.8 Å². The highest BCUT2D eigenvalue weighted by Crippen LogP contribution is 2.54. The van der Waals surface area contributed by atoms with Crippen molar-refractivity contribution in [3.8, 4) is 5.75 Å². The summed E-state index contributed by atoms with van der Waals surface area (Å²) in [5.74, 6) is -0.157. The lowest BCUT2D eigenvalue weighted by Crippen LogP contribution is -2.40. The van der Waals surface area contributed by atoms with E-state index >= 15 is 0 Å². The number of amides is 1. The van der Waals surface area contributed by atoms with Crippen LogP contribution in [-0.2, 0) is 21.6 Å². The Morgan fingerprint density at radius 2 is 2.10 bits per heavy atom. The molecule has 1 heterocycles. The maximum Gasteiger partial charge on any atom is 0.235 e. The lowest BCUT2D eigenvalue weighted by molar-refractivity contribution is -0.123. The van der Waals surface area contributed by atoms with Crippen molar-refractivity contribution in [2.75, 3.05) is 37.3 Å². The Labute approximate surface area is 183 Å². The minimum atomic E-state index is -1.84. The fourth-order valence-electron chi connectivity index (χ4n) is 3.80. The number of nitrogens with zero attached hydrogens (tertiary/aromatic N) is 1. The zero-order chi connectivity index (χ0) is 21.5. The average Bonchev–Trinajstić information content (AvgIpc) is 2.93. The molecule has 0 bridgehead atoms. The third-order valence-electron chi connectivity index (χ3n) is 5.60. The number of hydrogen-bond acceptors (Lipinski definition) is 5. The van der Waals surface area contributed by atoms with E-state index in [0.717, 1.165) is 30.9 Å². The average molecular weight is 452 g/mol. The number of hydrogen-bond donors (Lipinski definition) is 2. The van der Waals surface area contributed by atoms with Gasteiger partial charge in [-0.25, -0.2) is 9.11 Å². The van der Waals surface area contributed by atoms with Gasteiger partial charge in [0, 0.05) is 23.7 Å². The van der Waals surface area contributed by atoms with Crippen LogP contribution in [0.3, 0.4) is 0 Å². The van der Waals surface area contributed by atoms with Crippen LogP contribution in [0, 0.1) is 5.82 Å². The van der Waals surface area contributed by atoms with Crippen molar-refractivity contribution < 1.29 is 18.5 Å². The number of nitrogens with one attached hydrogen (secondary N) is 2. The van der Waals surface area contributed by atoms with Gasteiger partial charge >= 0.3 is 0 Å². The summed E-state index contributed by atoms with van der Waals surface area (Å²) in [4.78, 5) is 14.7. The SMILES string of the molecule is CN(C)CCOc1cc(N[S+]([O-])c2ccc(Cl)cc2F)cc2c1NC(=O)C21CCC1. The molecule has 2 aromatic rings. The minimum absolute atomic E-state index is 0.00235. The standard InChI is InChI=1S/C21H23ClFN3O3S/c1-26(2)8-9-29-17-12-14(25-30(28)18-5-4-13(22)10-16(18)23)11-15-19(17)24-20(27)21(15)6-3-7-21/h4-5,10-12,25H,3,6-9H2,1-2H3,(H,24,27). The Balaban J connectivity index is 1.65. The smallest absolute Gasteiger partial charge is 0.235 e. The Kier molecular flexibility index (Phi) is 5.85.